The number of hydrogen-bond donors (Lipinski definition) is 0. The first-order valence-electron chi connectivity index (χ1n) is 24.3. The molecule has 3 nitrogen and oxygen atoms in total. The van der Waals surface area contributed by atoms with Crippen LogP contribution >= 0.6 is 0 Å². The van der Waals surface area contributed by atoms with Crippen molar-refractivity contribution >= 4 is 43.1 Å². The molecule has 0 aromatic heterocycles. The van der Waals surface area contributed by atoms with E-state index in [2.05, 4.69) is 100 Å². The van der Waals surface area contributed by atoms with Crippen LogP contribution in [0.25, 0.3) is 43.1 Å². The first kappa shape index (κ1) is 43.8. The van der Waals surface area contributed by atoms with Crippen molar-refractivity contribution in [2.45, 2.75) is 130 Å². The summed E-state index contributed by atoms with van der Waals surface area (Å²) in [7, 11) is 0. The van der Waals surface area contributed by atoms with E-state index in [1.54, 1.807) is 0 Å². The fourth-order valence-electron chi connectivity index (χ4n) is 9.77. The van der Waals surface area contributed by atoms with Crippen LogP contribution in [-0.4, -0.2) is 0 Å². The van der Waals surface area contributed by atoms with Gasteiger partial charge < -0.3 is 14.2 Å². The zero-order valence-electron chi connectivity index (χ0n) is 38.2. The highest BCUT2D eigenvalue weighted by Crippen LogP contribution is 2.52. The van der Waals surface area contributed by atoms with Gasteiger partial charge in [-0.05, 0) is 142 Å². The number of rotatable bonds is 22. The number of fused-ring (bicyclic) bond motifs is 4. The number of ether oxygens (including phenoxy) is 3. The normalized spacial score (nSPS) is 11.6. The monoisotopic (exact) mass is 835 g/mol. The lowest BCUT2D eigenvalue weighted by atomic mass is 9.86. The molecule has 0 aliphatic carbocycles. The summed E-state index contributed by atoms with van der Waals surface area (Å²) in [5, 5.41) is 10.2. The number of hydrogen-bond acceptors (Lipinski definition) is 3. The Labute approximate surface area is 376 Å². The molecule has 63 heavy (non-hydrogen) atoms. The van der Waals surface area contributed by atoms with Crippen molar-refractivity contribution in [2.24, 2.45) is 0 Å². The molecule has 0 N–H and O–H groups in total. The van der Waals surface area contributed by atoms with E-state index in [1.165, 1.54) is 80.3 Å². The van der Waals surface area contributed by atoms with Crippen molar-refractivity contribution < 1.29 is 14.2 Å². The van der Waals surface area contributed by atoms with Crippen LogP contribution in [0.1, 0.15) is 127 Å². The van der Waals surface area contributed by atoms with Gasteiger partial charge in [0.1, 0.15) is 11.5 Å². The van der Waals surface area contributed by atoms with Crippen molar-refractivity contribution in [3.8, 4) is 34.5 Å². The maximum absolute atomic E-state index is 7.91. The van der Waals surface area contributed by atoms with Gasteiger partial charge in [-0.3, -0.25) is 0 Å². The predicted octanol–water partition coefficient (Wildman–Crippen LogP) is 18.6. The average molecular weight is 835 g/mol. The van der Waals surface area contributed by atoms with Gasteiger partial charge in [0, 0.05) is 10.8 Å². The Morgan fingerprint density at radius 2 is 0.603 bits per heavy atom. The van der Waals surface area contributed by atoms with Crippen molar-refractivity contribution in [3.05, 3.63) is 156 Å². The van der Waals surface area contributed by atoms with E-state index < -0.39 is 0 Å². The average Bonchev–Trinajstić information content (AvgIpc) is 3.32. The summed E-state index contributed by atoms with van der Waals surface area (Å²) in [5.74, 6) is 4.49. The second-order valence-electron chi connectivity index (χ2n) is 17.4. The molecule has 0 saturated carbocycles. The van der Waals surface area contributed by atoms with Gasteiger partial charge in [0.05, 0.1) is 0 Å². The summed E-state index contributed by atoms with van der Waals surface area (Å²) in [6.07, 6.45) is 17.7. The van der Waals surface area contributed by atoms with E-state index in [0.717, 1.165) is 111 Å². The minimum Gasteiger partial charge on any atom is -0.453 e. The molecule has 8 aromatic carbocycles. The first-order valence-corrected chi connectivity index (χ1v) is 24.3. The molecule has 0 aliphatic heterocycles. The zero-order valence-corrected chi connectivity index (χ0v) is 38.2. The molecule has 0 fully saturated rings. The Kier molecular flexibility index (Phi) is 15.0. The Morgan fingerprint density at radius 3 is 0.952 bits per heavy atom. The van der Waals surface area contributed by atoms with Crippen LogP contribution in [0.3, 0.4) is 0 Å². The van der Waals surface area contributed by atoms with Crippen molar-refractivity contribution in [3.63, 3.8) is 0 Å². The van der Waals surface area contributed by atoms with Gasteiger partial charge in [-0.2, -0.15) is 0 Å². The van der Waals surface area contributed by atoms with Crippen LogP contribution in [0.15, 0.2) is 133 Å². The molecule has 0 amide bonds. The van der Waals surface area contributed by atoms with Crippen molar-refractivity contribution in [2.75, 3.05) is 0 Å². The third-order valence-corrected chi connectivity index (χ3v) is 12.9. The first-order chi connectivity index (χ1) is 31.1. The predicted molar refractivity (Wildman–Crippen MR) is 269 cm³/mol. The van der Waals surface area contributed by atoms with Gasteiger partial charge in [0.2, 0.25) is 0 Å². The standard InChI is InChI=1S/C60H66O3/c1-5-9-15-31-49-45-33-23-25-35-47(45)51(37-17-11-7-3)57-53(49)39-41-55(61-43-27-19-13-20-28-43)59(57)63-60-56(62-44-29-21-14-22-30-44)42-40-54-50(32-16-10-6-2)46-34-24-26-36-48(46)52(58(54)60)38-18-12-8-4/h13-14,19-30,33-36,39-42H,5-12,15-18,31-32,37-38H2,1-4H3. The number of benzene rings is 8. The van der Waals surface area contributed by atoms with Crippen LogP contribution in [0.4, 0.5) is 0 Å². The smallest absolute Gasteiger partial charge is 0.178 e. The molecule has 3 heteroatoms. The highest BCUT2D eigenvalue weighted by atomic mass is 16.5. The molecule has 0 bridgehead atoms. The maximum Gasteiger partial charge on any atom is 0.178 e. The molecule has 0 heterocycles. The summed E-state index contributed by atoms with van der Waals surface area (Å²) < 4.78 is 21.9. The quantitative estimate of drug-likeness (QED) is 0.0503. The highest BCUT2D eigenvalue weighted by molar-refractivity contribution is 6.11. The lowest BCUT2D eigenvalue weighted by molar-refractivity contribution is 0.400. The minimum atomic E-state index is 0.708. The largest absolute Gasteiger partial charge is 0.453 e. The molecule has 324 valence electrons. The number of aryl methyl sites for hydroxylation is 4. The third kappa shape index (κ3) is 9.74. The van der Waals surface area contributed by atoms with Crippen LogP contribution in [-0.2, 0) is 25.7 Å². The molecule has 8 aromatic rings. The Hall–Kier alpha value is -5.80. The molecule has 0 spiro atoms. The van der Waals surface area contributed by atoms with Gasteiger partial charge in [-0.1, -0.05) is 176 Å². The minimum absolute atomic E-state index is 0.708. The van der Waals surface area contributed by atoms with Crippen LogP contribution in [0, 0.1) is 0 Å². The third-order valence-electron chi connectivity index (χ3n) is 12.9. The highest BCUT2D eigenvalue weighted by Gasteiger charge is 2.26. The SMILES string of the molecule is CCCCCc1c2ccccc2c(CCCCC)c2c(Oc3c(Oc4ccccc4)ccc4c(CCCCC)c5ccccc5c(CCCCC)c34)c(Oc3ccccc3)ccc12. The van der Waals surface area contributed by atoms with Crippen LogP contribution in [0.5, 0.6) is 34.5 Å². The Bertz CT molecular complexity index is 2560. The molecular weight excluding hydrogens is 769 g/mol. The molecule has 0 atom stereocenters. The Morgan fingerprint density at radius 1 is 0.286 bits per heavy atom. The molecule has 0 unspecified atom stereocenters. The van der Waals surface area contributed by atoms with E-state index in [-0.39, 0.29) is 0 Å². The fraction of sp³-hybridized carbons (Fsp3) is 0.333. The van der Waals surface area contributed by atoms with Gasteiger partial charge in [-0.25, -0.2) is 0 Å². The van der Waals surface area contributed by atoms with E-state index >= 15 is 0 Å². The lowest BCUT2D eigenvalue weighted by Crippen LogP contribution is -2.03. The molecule has 0 saturated heterocycles. The topological polar surface area (TPSA) is 27.7 Å². The van der Waals surface area contributed by atoms with Crippen molar-refractivity contribution in [1.82, 2.24) is 0 Å². The Balaban J connectivity index is 1.50. The van der Waals surface area contributed by atoms with E-state index in [0.29, 0.717) is 11.5 Å². The summed E-state index contributed by atoms with van der Waals surface area (Å²) in [6.45, 7) is 9.17. The van der Waals surface area contributed by atoms with Gasteiger partial charge in [0.15, 0.2) is 23.0 Å². The summed E-state index contributed by atoms with van der Waals surface area (Å²) in [6, 6.07) is 47.6. The van der Waals surface area contributed by atoms with E-state index in [1.807, 2.05) is 60.7 Å². The van der Waals surface area contributed by atoms with Crippen molar-refractivity contribution in [1.29, 1.82) is 0 Å². The number of unbranched alkanes of at least 4 members (excludes halogenated alkanes) is 8. The van der Waals surface area contributed by atoms with E-state index in [9.17, 15) is 0 Å². The van der Waals surface area contributed by atoms with E-state index in [4.69, 9.17) is 14.2 Å². The molecule has 0 aliphatic rings. The second-order valence-corrected chi connectivity index (χ2v) is 17.4. The van der Waals surface area contributed by atoms with Crippen LogP contribution < -0.4 is 14.2 Å². The van der Waals surface area contributed by atoms with Gasteiger partial charge in [-0.15, -0.1) is 0 Å². The van der Waals surface area contributed by atoms with Gasteiger partial charge >= 0.3 is 0 Å². The van der Waals surface area contributed by atoms with Crippen LogP contribution in [0.2, 0.25) is 0 Å². The number of para-hydroxylation sites is 2. The summed E-state index contributed by atoms with van der Waals surface area (Å²) >= 11 is 0. The maximum atomic E-state index is 7.91. The van der Waals surface area contributed by atoms with Gasteiger partial charge in [0.25, 0.3) is 0 Å². The molecule has 0 radical (unpaired) electrons. The fourth-order valence-corrected chi connectivity index (χ4v) is 9.77. The second kappa shape index (κ2) is 21.5. The molecule has 8 rings (SSSR count). The summed E-state index contributed by atoms with van der Waals surface area (Å²) in [4.78, 5) is 0. The molecular formula is C60H66O3. The summed E-state index contributed by atoms with van der Waals surface area (Å²) in [5.41, 5.74) is 5.46. The zero-order chi connectivity index (χ0) is 43.4. The lowest BCUT2D eigenvalue weighted by Gasteiger charge is -2.25.